The Labute approximate surface area is 52.5 Å². The summed E-state index contributed by atoms with van der Waals surface area (Å²) in [5, 5.41) is 0. The van der Waals surface area contributed by atoms with Crippen LogP contribution in [0, 0.1) is 0 Å². The van der Waals surface area contributed by atoms with E-state index in [9.17, 15) is 0 Å². The average Bonchev–Trinajstić information content (AvgIpc) is 2.24. The summed E-state index contributed by atoms with van der Waals surface area (Å²) in [5.41, 5.74) is 0. The Kier molecular flexibility index (Phi) is 4.98. The van der Waals surface area contributed by atoms with Gasteiger partial charge in [0.25, 0.3) is 0 Å². The minimum Gasteiger partial charge on any atom is -0.479 e. The molecule has 1 heterocycles. The van der Waals surface area contributed by atoms with Gasteiger partial charge in [-0.15, -0.1) is 9.24 Å². The van der Waals surface area contributed by atoms with Crippen LogP contribution in [0.15, 0.2) is 4.99 Å². The summed E-state index contributed by atoms with van der Waals surface area (Å²) in [7, 11) is 2.42. The summed E-state index contributed by atoms with van der Waals surface area (Å²) < 4.78 is 4.90. The molecule has 1 aliphatic rings. The van der Waals surface area contributed by atoms with Gasteiger partial charge in [-0.2, -0.15) is 0 Å². The highest BCUT2D eigenvalue weighted by Crippen LogP contribution is 1.89. The van der Waals surface area contributed by atoms with Crippen molar-refractivity contribution in [2.75, 3.05) is 19.8 Å². The molecule has 0 amide bonds. The van der Waals surface area contributed by atoms with Gasteiger partial charge in [0.1, 0.15) is 6.61 Å². The highest BCUT2D eigenvalue weighted by atomic mass is 31.0. The van der Waals surface area contributed by atoms with E-state index >= 15 is 0 Å². The molecule has 1 aliphatic heterocycles. The van der Waals surface area contributed by atoms with Crippen molar-refractivity contribution in [3.63, 3.8) is 0 Å². The molecule has 0 aliphatic carbocycles. The van der Waals surface area contributed by atoms with Gasteiger partial charge in [0.2, 0.25) is 0 Å². The molecule has 0 saturated heterocycles. The van der Waals surface area contributed by atoms with Crippen LogP contribution in [0.1, 0.15) is 6.92 Å². The van der Waals surface area contributed by atoms with Gasteiger partial charge in [0, 0.05) is 6.92 Å². The minimum atomic E-state index is 0.784. The fourth-order valence-electron chi connectivity index (χ4n) is 0.442. The quantitative estimate of drug-likeness (QED) is 0.450. The number of nitrogens with zero attached hydrogens (tertiary/aromatic N) is 1. The molecule has 0 aromatic heterocycles. The predicted octanol–water partition coefficient (Wildman–Crippen LogP) is 0.926. The van der Waals surface area contributed by atoms with Crippen molar-refractivity contribution < 1.29 is 4.74 Å². The summed E-state index contributed by atoms with van der Waals surface area (Å²) in [6, 6.07) is 0. The first-order valence-corrected chi connectivity index (χ1v) is 3.76. The Hall–Kier alpha value is -0.100. The molecule has 1 unspecified atom stereocenters. The third-order valence-corrected chi connectivity index (χ3v) is 0.737. The fourth-order valence-corrected chi connectivity index (χ4v) is 0.442. The fraction of sp³-hybridized carbons (Fsp3) is 0.800. The lowest BCUT2D eigenvalue weighted by atomic mass is 10.8. The maximum Gasteiger partial charge on any atom is 0.180 e. The molecule has 8 heavy (non-hydrogen) atoms. The van der Waals surface area contributed by atoms with Gasteiger partial charge in [-0.3, -0.25) is 4.99 Å². The van der Waals surface area contributed by atoms with Crippen LogP contribution >= 0.6 is 9.24 Å². The molecule has 0 fully saturated rings. The second-order valence-electron chi connectivity index (χ2n) is 1.25. The Morgan fingerprint density at radius 1 is 1.62 bits per heavy atom. The van der Waals surface area contributed by atoms with Crippen LogP contribution < -0.4 is 0 Å². The van der Waals surface area contributed by atoms with Crippen LogP contribution in [0.2, 0.25) is 0 Å². The summed E-state index contributed by atoms with van der Waals surface area (Å²) in [6.45, 7) is 5.42. The van der Waals surface area contributed by atoms with Crippen LogP contribution in [0.4, 0.5) is 0 Å². The van der Waals surface area contributed by atoms with Gasteiger partial charge in [-0.25, -0.2) is 0 Å². The maximum absolute atomic E-state index is 4.90. The third-order valence-electron chi connectivity index (χ3n) is 0.737. The molecule has 1 rings (SSSR count). The van der Waals surface area contributed by atoms with Crippen molar-refractivity contribution in [2.24, 2.45) is 4.99 Å². The van der Waals surface area contributed by atoms with E-state index < -0.39 is 0 Å². The normalized spacial score (nSPS) is 15.6. The molecular weight excluding hydrogens is 121 g/mol. The van der Waals surface area contributed by atoms with E-state index in [1.165, 1.54) is 0 Å². The van der Waals surface area contributed by atoms with E-state index in [0.717, 1.165) is 19.0 Å². The molecule has 0 spiro atoms. The Bertz CT molecular complexity index is 82.5. The molecule has 0 radical (unpaired) electrons. The van der Waals surface area contributed by atoms with Crippen molar-refractivity contribution in [3.8, 4) is 0 Å². The summed E-state index contributed by atoms with van der Waals surface area (Å²) in [6.07, 6.45) is 0. The molecule has 0 saturated carbocycles. The molecule has 1 atom stereocenters. The first kappa shape index (κ1) is 7.90. The SMILES string of the molecule is CC1=NCCO1.CP. The van der Waals surface area contributed by atoms with Gasteiger partial charge < -0.3 is 4.74 Å². The Balaban J connectivity index is 0.000000222. The minimum absolute atomic E-state index is 0.784. The first-order chi connectivity index (χ1) is 3.89. The van der Waals surface area contributed by atoms with Gasteiger partial charge in [-0.1, -0.05) is 6.66 Å². The van der Waals surface area contributed by atoms with Crippen LogP contribution in [-0.2, 0) is 4.74 Å². The summed E-state index contributed by atoms with van der Waals surface area (Å²) in [4.78, 5) is 3.93. The number of rotatable bonds is 0. The molecular formula is C5H12NOP. The van der Waals surface area contributed by atoms with E-state index in [2.05, 4.69) is 14.2 Å². The zero-order valence-electron chi connectivity index (χ0n) is 5.35. The third kappa shape index (κ3) is 2.98. The number of ether oxygens (including phenoxy) is 1. The standard InChI is InChI=1S/C4H7NO.CH5P/c1-4-5-2-3-6-4;1-2/h2-3H2,1H3;2H2,1H3. The molecule has 0 bridgehead atoms. The van der Waals surface area contributed by atoms with Crippen LogP contribution in [0.3, 0.4) is 0 Å². The van der Waals surface area contributed by atoms with Crippen LogP contribution in [-0.4, -0.2) is 25.7 Å². The van der Waals surface area contributed by atoms with Crippen molar-refractivity contribution in [2.45, 2.75) is 6.92 Å². The maximum atomic E-state index is 4.90. The van der Waals surface area contributed by atoms with E-state index in [1.54, 1.807) is 0 Å². The molecule has 48 valence electrons. The van der Waals surface area contributed by atoms with Crippen molar-refractivity contribution >= 4 is 15.1 Å². The molecule has 0 N–H and O–H groups in total. The highest BCUT2D eigenvalue weighted by molar-refractivity contribution is 7.15. The number of aliphatic imine (C=N–C) groups is 1. The molecule has 3 heteroatoms. The van der Waals surface area contributed by atoms with Crippen molar-refractivity contribution in [1.82, 2.24) is 0 Å². The molecule has 0 aromatic carbocycles. The Morgan fingerprint density at radius 3 is 2.38 bits per heavy atom. The second-order valence-corrected chi connectivity index (χ2v) is 1.25. The zero-order valence-corrected chi connectivity index (χ0v) is 6.50. The Morgan fingerprint density at radius 2 is 2.25 bits per heavy atom. The van der Waals surface area contributed by atoms with Crippen molar-refractivity contribution in [1.29, 1.82) is 0 Å². The lowest BCUT2D eigenvalue weighted by Gasteiger charge is -1.86. The predicted molar refractivity (Wildman–Crippen MR) is 39.6 cm³/mol. The van der Waals surface area contributed by atoms with E-state index in [-0.39, 0.29) is 0 Å². The second kappa shape index (κ2) is 5.04. The first-order valence-electron chi connectivity index (χ1n) is 2.61. The van der Waals surface area contributed by atoms with Crippen LogP contribution in [0.5, 0.6) is 0 Å². The highest BCUT2D eigenvalue weighted by Gasteiger charge is 1.96. The monoisotopic (exact) mass is 133 g/mol. The van der Waals surface area contributed by atoms with E-state index in [4.69, 9.17) is 4.74 Å². The zero-order chi connectivity index (χ0) is 6.41. The van der Waals surface area contributed by atoms with E-state index in [1.807, 2.05) is 13.6 Å². The van der Waals surface area contributed by atoms with Gasteiger partial charge in [0.15, 0.2) is 5.90 Å². The van der Waals surface area contributed by atoms with Gasteiger partial charge in [0.05, 0.1) is 6.54 Å². The van der Waals surface area contributed by atoms with Crippen LogP contribution in [0.25, 0.3) is 0 Å². The largest absolute Gasteiger partial charge is 0.479 e. The topological polar surface area (TPSA) is 21.6 Å². The number of hydrogen-bond donors (Lipinski definition) is 0. The van der Waals surface area contributed by atoms with Crippen molar-refractivity contribution in [3.05, 3.63) is 0 Å². The molecule has 2 nitrogen and oxygen atoms in total. The van der Waals surface area contributed by atoms with Gasteiger partial charge >= 0.3 is 0 Å². The van der Waals surface area contributed by atoms with Gasteiger partial charge in [-0.05, 0) is 0 Å². The smallest absolute Gasteiger partial charge is 0.180 e. The molecule has 0 aromatic rings. The lowest BCUT2D eigenvalue weighted by Crippen LogP contribution is -1.89. The lowest BCUT2D eigenvalue weighted by molar-refractivity contribution is 0.345. The average molecular weight is 133 g/mol. The van der Waals surface area contributed by atoms with E-state index in [0.29, 0.717) is 0 Å². The summed E-state index contributed by atoms with van der Waals surface area (Å²) in [5.74, 6) is 0.829. The summed E-state index contributed by atoms with van der Waals surface area (Å²) >= 11 is 0. The number of hydrogen-bond acceptors (Lipinski definition) is 2.